The van der Waals surface area contributed by atoms with Crippen molar-refractivity contribution in [2.24, 2.45) is 5.92 Å². The van der Waals surface area contributed by atoms with Crippen molar-refractivity contribution >= 4 is 35.1 Å². The van der Waals surface area contributed by atoms with E-state index >= 15 is 0 Å². The number of ether oxygens (including phenoxy) is 2. The van der Waals surface area contributed by atoms with Crippen molar-refractivity contribution in [3.63, 3.8) is 0 Å². The van der Waals surface area contributed by atoms with Crippen molar-refractivity contribution in [3.05, 3.63) is 33.8 Å². The molecule has 1 unspecified atom stereocenters. The first-order chi connectivity index (χ1) is 12.3. The summed E-state index contributed by atoms with van der Waals surface area (Å²) in [5, 5.41) is 1.13. The first-order valence-corrected chi connectivity index (χ1v) is 9.88. The van der Waals surface area contributed by atoms with Crippen molar-refractivity contribution in [2.75, 3.05) is 6.61 Å². The maximum atomic E-state index is 11.9. The van der Waals surface area contributed by atoms with Crippen molar-refractivity contribution in [2.45, 2.75) is 65.4 Å². The van der Waals surface area contributed by atoms with E-state index in [9.17, 15) is 9.59 Å². The highest BCUT2D eigenvalue weighted by atomic mass is 35.5. The maximum absolute atomic E-state index is 11.9. The van der Waals surface area contributed by atoms with Gasteiger partial charge in [-0.2, -0.15) is 0 Å². The van der Waals surface area contributed by atoms with Crippen molar-refractivity contribution in [1.82, 2.24) is 0 Å². The minimum absolute atomic E-state index is 0.0522. The Morgan fingerprint density at radius 3 is 2.42 bits per heavy atom. The van der Waals surface area contributed by atoms with Gasteiger partial charge in [-0.1, -0.05) is 56.5 Å². The Labute approximate surface area is 166 Å². The van der Waals surface area contributed by atoms with Gasteiger partial charge >= 0.3 is 11.9 Å². The van der Waals surface area contributed by atoms with E-state index in [4.69, 9.17) is 32.7 Å². The molecule has 0 bridgehead atoms. The fraction of sp³-hybridized carbons (Fsp3) is 0.600. The van der Waals surface area contributed by atoms with Gasteiger partial charge in [0.2, 0.25) is 0 Å². The first kappa shape index (κ1) is 22.8. The summed E-state index contributed by atoms with van der Waals surface area (Å²) in [6.45, 7) is 6.39. The number of benzene rings is 1. The summed E-state index contributed by atoms with van der Waals surface area (Å²) in [6, 6.07) is 5.23. The van der Waals surface area contributed by atoms with Crippen LogP contribution in [0.1, 0.15) is 58.4 Å². The molecule has 0 aliphatic heterocycles. The van der Waals surface area contributed by atoms with Crippen LogP contribution in [0.2, 0.25) is 10.0 Å². The molecule has 1 atom stereocenters. The quantitative estimate of drug-likeness (QED) is 0.450. The lowest BCUT2D eigenvalue weighted by Gasteiger charge is -2.20. The molecule has 0 N–H and O–H groups in total. The third-order valence-corrected chi connectivity index (χ3v) is 4.60. The van der Waals surface area contributed by atoms with E-state index in [1.54, 1.807) is 12.1 Å². The summed E-state index contributed by atoms with van der Waals surface area (Å²) in [6.07, 6.45) is 3.16. The zero-order valence-electron chi connectivity index (χ0n) is 15.7. The number of rotatable bonds is 11. The molecule has 1 aromatic rings. The second-order valence-corrected chi connectivity index (χ2v) is 7.46. The van der Waals surface area contributed by atoms with Gasteiger partial charge < -0.3 is 9.47 Å². The topological polar surface area (TPSA) is 52.6 Å². The SMILES string of the molecule is CCCC(OC(=O)CCCC(=O)OCCc1ccc(Cl)cc1Cl)C(C)C. The van der Waals surface area contributed by atoms with E-state index in [2.05, 4.69) is 6.92 Å². The molecule has 1 rings (SSSR count). The smallest absolute Gasteiger partial charge is 0.306 e. The van der Waals surface area contributed by atoms with Crippen molar-refractivity contribution in [1.29, 1.82) is 0 Å². The molecule has 26 heavy (non-hydrogen) atoms. The minimum Gasteiger partial charge on any atom is -0.465 e. The Bertz CT molecular complexity index is 587. The molecule has 0 aliphatic rings. The number of hydrogen-bond donors (Lipinski definition) is 0. The van der Waals surface area contributed by atoms with Crippen LogP contribution in [0, 0.1) is 5.92 Å². The van der Waals surface area contributed by atoms with Gasteiger partial charge in [0.15, 0.2) is 0 Å². The molecule has 6 heteroatoms. The highest BCUT2D eigenvalue weighted by Gasteiger charge is 2.17. The van der Waals surface area contributed by atoms with Crippen LogP contribution in [0.25, 0.3) is 0 Å². The van der Waals surface area contributed by atoms with Crippen molar-refractivity contribution < 1.29 is 19.1 Å². The second kappa shape index (κ2) is 12.2. The summed E-state index contributed by atoms with van der Waals surface area (Å²) in [5.74, 6) is -0.279. The van der Waals surface area contributed by atoms with Gasteiger partial charge in [-0.15, -0.1) is 0 Å². The van der Waals surface area contributed by atoms with Crippen LogP contribution in [0.15, 0.2) is 18.2 Å². The summed E-state index contributed by atoms with van der Waals surface area (Å²) >= 11 is 11.9. The van der Waals surface area contributed by atoms with Crippen LogP contribution in [0.3, 0.4) is 0 Å². The zero-order valence-corrected chi connectivity index (χ0v) is 17.2. The number of carbonyl (C=O) groups is 2. The van der Waals surface area contributed by atoms with Crippen LogP contribution >= 0.6 is 23.2 Å². The highest BCUT2D eigenvalue weighted by Crippen LogP contribution is 2.21. The van der Waals surface area contributed by atoms with Crippen LogP contribution in [0.5, 0.6) is 0 Å². The molecule has 0 heterocycles. The lowest BCUT2D eigenvalue weighted by Crippen LogP contribution is -2.23. The van der Waals surface area contributed by atoms with Gasteiger partial charge in [-0.05, 0) is 36.5 Å². The Kier molecular flexibility index (Phi) is 10.7. The first-order valence-electron chi connectivity index (χ1n) is 9.12. The predicted molar refractivity (Wildman–Crippen MR) is 105 cm³/mol. The van der Waals surface area contributed by atoms with Gasteiger partial charge in [-0.3, -0.25) is 9.59 Å². The van der Waals surface area contributed by atoms with Gasteiger partial charge in [-0.25, -0.2) is 0 Å². The van der Waals surface area contributed by atoms with Gasteiger partial charge in [0.1, 0.15) is 6.10 Å². The Morgan fingerprint density at radius 1 is 1.12 bits per heavy atom. The van der Waals surface area contributed by atoms with Gasteiger partial charge in [0, 0.05) is 29.3 Å². The molecule has 0 aromatic heterocycles. The van der Waals surface area contributed by atoms with Gasteiger partial charge in [0.25, 0.3) is 0 Å². The summed E-state index contributed by atoms with van der Waals surface area (Å²) < 4.78 is 10.7. The molecular weight excluding hydrogens is 375 g/mol. The largest absolute Gasteiger partial charge is 0.465 e. The highest BCUT2D eigenvalue weighted by molar-refractivity contribution is 6.35. The fourth-order valence-corrected chi connectivity index (χ4v) is 2.99. The molecule has 0 fully saturated rings. The summed E-state index contributed by atoms with van der Waals surface area (Å²) in [5.41, 5.74) is 0.878. The predicted octanol–water partition coefficient (Wildman–Crippen LogP) is 5.62. The van der Waals surface area contributed by atoms with Crippen molar-refractivity contribution in [3.8, 4) is 0 Å². The number of carbonyl (C=O) groups excluding carboxylic acids is 2. The normalized spacial score (nSPS) is 12.1. The summed E-state index contributed by atoms with van der Waals surface area (Å²) in [7, 11) is 0. The zero-order chi connectivity index (χ0) is 19.5. The molecule has 1 aromatic carbocycles. The Morgan fingerprint density at radius 2 is 1.81 bits per heavy atom. The molecule has 0 saturated heterocycles. The van der Waals surface area contributed by atoms with E-state index < -0.39 is 0 Å². The molecular formula is C20H28Cl2O4. The lowest BCUT2D eigenvalue weighted by atomic mass is 10.0. The monoisotopic (exact) mass is 402 g/mol. The Hall–Kier alpha value is -1.26. The van der Waals surface area contributed by atoms with E-state index in [0.717, 1.165) is 18.4 Å². The molecule has 0 spiro atoms. The standard InChI is InChI=1S/C20H28Cl2O4/c1-4-6-18(14(2)3)26-20(24)8-5-7-19(23)25-12-11-15-9-10-16(21)13-17(15)22/h9-10,13-14,18H,4-8,11-12H2,1-3H3. The van der Waals surface area contributed by atoms with Gasteiger partial charge in [0.05, 0.1) is 6.61 Å². The molecule has 4 nitrogen and oxygen atoms in total. The van der Waals surface area contributed by atoms with E-state index in [1.165, 1.54) is 0 Å². The third kappa shape index (κ3) is 8.91. The number of halogens is 2. The average Bonchev–Trinajstić information content (AvgIpc) is 2.56. The van der Waals surface area contributed by atoms with E-state index in [-0.39, 0.29) is 37.5 Å². The van der Waals surface area contributed by atoms with Crippen LogP contribution in [-0.2, 0) is 25.5 Å². The molecule has 0 aliphatic carbocycles. The molecule has 0 amide bonds. The summed E-state index contributed by atoms with van der Waals surface area (Å²) in [4.78, 5) is 23.6. The van der Waals surface area contributed by atoms with Crippen LogP contribution < -0.4 is 0 Å². The minimum atomic E-state index is -0.322. The van der Waals surface area contributed by atoms with Crippen LogP contribution in [-0.4, -0.2) is 24.6 Å². The molecule has 146 valence electrons. The molecule has 0 radical (unpaired) electrons. The molecule has 0 saturated carbocycles. The van der Waals surface area contributed by atoms with Crippen LogP contribution in [0.4, 0.5) is 0 Å². The number of hydrogen-bond acceptors (Lipinski definition) is 4. The third-order valence-electron chi connectivity index (χ3n) is 4.01. The fourth-order valence-electron chi connectivity index (χ4n) is 2.49. The second-order valence-electron chi connectivity index (χ2n) is 6.62. The number of esters is 2. The maximum Gasteiger partial charge on any atom is 0.306 e. The van der Waals surface area contributed by atoms with E-state index in [1.807, 2.05) is 19.9 Å². The van der Waals surface area contributed by atoms with E-state index in [0.29, 0.717) is 28.8 Å². The lowest BCUT2D eigenvalue weighted by molar-refractivity contribution is -0.152. The Balaban J connectivity index is 2.22. The average molecular weight is 403 g/mol.